The second-order valence-electron chi connectivity index (χ2n) is 2.63. The summed E-state index contributed by atoms with van der Waals surface area (Å²) in [7, 11) is 0. The fraction of sp³-hybridized carbons (Fsp3) is 0.250. The molecule has 1 atom stereocenters. The minimum atomic E-state index is -2.73. The molecule has 1 aromatic rings. The van der Waals surface area contributed by atoms with Crippen LogP contribution in [0.5, 0.6) is 0 Å². The van der Waals surface area contributed by atoms with Crippen molar-refractivity contribution in [1.29, 1.82) is 0 Å². The monoisotopic (exact) mass is 202 g/mol. The number of alkyl halides is 2. The summed E-state index contributed by atoms with van der Waals surface area (Å²) >= 11 is 0. The summed E-state index contributed by atoms with van der Waals surface area (Å²) in [6, 6.07) is 0.990. The van der Waals surface area contributed by atoms with Crippen LogP contribution in [-0.4, -0.2) is 16.1 Å². The molecule has 0 radical (unpaired) electrons. The number of hydrogen-bond donors (Lipinski definition) is 2. The fourth-order valence-electron chi connectivity index (χ4n) is 0.921. The average molecular weight is 202 g/mol. The summed E-state index contributed by atoms with van der Waals surface area (Å²) in [5.74, 6) is -1.27. The Hall–Kier alpha value is -1.56. The van der Waals surface area contributed by atoms with E-state index in [4.69, 9.17) is 10.8 Å². The molecule has 0 amide bonds. The zero-order chi connectivity index (χ0) is 10.7. The Balaban J connectivity index is 2.99. The van der Waals surface area contributed by atoms with E-state index in [1.807, 2.05) is 0 Å². The lowest BCUT2D eigenvalue weighted by Crippen LogP contribution is -2.20. The number of carboxylic acid groups (broad SMARTS) is 1. The molecule has 3 N–H and O–H groups in total. The third-order valence-corrected chi connectivity index (χ3v) is 1.65. The van der Waals surface area contributed by atoms with Crippen molar-refractivity contribution in [2.45, 2.75) is 12.5 Å². The van der Waals surface area contributed by atoms with Gasteiger partial charge in [-0.05, 0) is 17.7 Å². The lowest BCUT2D eigenvalue weighted by Gasteiger charge is -2.07. The van der Waals surface area contributed by atoms with Crippen molar-refractivity contribution in [3.05, 3.63) is 29.6 Å². The van der Waals surface area contributed by atoms with Crippen molar-refractivity contribution in [3.63, 3.8) is 0 Å². The van der Waals surface area contributed by atoms with E-state index in [-0.39, 0.29) is 5.56 Å². The number of nitrogens with zero attached hydrogens (tertiary/aromatic N) is 1. The molecule has 1 aromatic heterocycles. The number of halogens is 2. The molecular formula is C8H8F2N2O2. The molecule has 0 aliphatic carbocycles. The van der Waals surface area contributed by atoms with Gasteiger partial charge in [-0.3, -0.25) is 9.78 Å². The first kappa shape index (κ1) is 10.5. The zero-order valence-electron chi connectivity index (χ0n) is 7.02. The molecular weight excluding hydrogens is 194 g/mol. The Kier molecular flexibility index (Phi) is 3.08. The van der Waals surface area contributed by atoms with E-state index in [1.165, 1.54) is 6.07 Å². The molecule has 1 heterocycles. The summed E-state index contributed by atoms with van der Waals surface area (Å²) < 4.78 is 24.3. The maximum Gasteiger partial charge on any atom is 0.325 e. The zero-order valence-corrected chi connectivity index (χ0v) is 7.02. The molecule has 14 heavy (non-hydrogen) atoms. The van der Waals surface area contributed by atoms with Crippen LogP contribution in [-0.2, 0) is 4.79 Å². The molecule has 0 spiro atoms. The van der Waals surface area contributed by atoms with E-state index < -0.39 is 24.1 Å². The molecule has 0 aromatic carbocycles. The van der Waals surface area contributed by atoms with Crippen LogP contribution >= 0.6 is 0 Å². The molecule has 0 saturated heterocycles. The standard InChI is InChI=1S/C8H8F2N2O2/c9-7(10)5-3-4(1-2-12-5)6(11)8(13)14/h1-3,6-7H,11H2,(H,13,14). The summed E-state index contributed by atoms with van der Waals surface area (Å²) in [6.07, 6.45) is -1.62. The van der Waals surface area contributed by atoms with Crippen LogP contribution < -0.4 is 5.73 Å². The largest absolute Gasteiger partial charge is 0.480 e. The van der Waals surface area contributed by atoms with Gasteiger partial charge < -0.3 is 10.8 Å². The number of nitrogens with two attached hydrogens (primary N) is 1. The number of rotatable bonds is 3. The number of pyridine rings is 1. The average Bonchev–Trinajstić information content (AvgIpc) is 2.16. The van der Waals surface area contributed by atoms with Gasteiger partial charge in [0.25, 0.3) is 6.43 Å². The number of aliphatic carboxylic acids is 1. The minimum absolute atomic E-state index is 0.114. The third kappa shape index (κ3) is 2.23. The summed E-state index contributed by atoms with van der Waals surface area (Å²) in [5.41, 5.74) is 4.88. The summed E-state index contributed by atoms with van der Waals surface area (Å²) in [6.45, 7) is 0. The number of hydrogen-bond acceptors (Lipinski definition) is 3. The van der Waals surface area contributed by atoms with Crippen LogP contribution in [0.15, 0.2) is 18.3 Å². The molecule has 0 aliphatic rings. The van der Waals surface area contributed by atoms with Crippen molar-refractivity contribution >= 4 is 5.97 Å². The van der Waals surface area contributed by atoms with Gasteiger partial charge in [-0.1, -0.05) is 0 Å². The summed E-state index contributed by atoms with van der Waals surface area (Å²) in [4.78, 5) is 13.8. The van der Waals surface area contributed by atoms with Gasteiger partial charge in [-0.25, -0.2) is 8.78 Å². The van der Waals surface area contributed by atoms with Gasteiger partial charge in [0.15, 0.2) is 0 Å². The van der Waals surface area contributed by atoms with Gasteiger partial charge in [0.2, 0.25) is 0 Å². The quantitative estimate of drug-likeness (QED) is 0.769. The van der Waals surface area contributed by atoms with Gasteiger partial charge in [0.1, 0.15) is 11.7 Å². The maximum absolute atomic E-state index is 12.2. The first-order chi connectivity index (χ1) is 6.52. The Labute approximate surface area is 78.4 Å². The van der Waals surface area contributed by atoms with Gasteiger partial charge in [-0.15, -0.1) is 0 Å². The van der Waals surface area contributed by atoms with Gasteiger partial charge in [0.05, 0.1) is 0 Å². The number of aromatic nitrogens is 1. The van der Waals surface area contributed by atoms with E-state index >= 15 is 0 Å². The van der Waals surface area contributed by atoms with Crippen LogP contribution in [0.1, 0.15) is 23.7 Å². The third-order valence-electron chi connectivity index (χ3n) is 1.65. The van der Waals surface area contributed by atoms with Gasteiger partial charge in [0, 0.05) is 6.20 Å². The molecule has 1 rings (SSSR count). The lowest BCUT2D eigenvalue weighted by molar-refractivity contribution is -0.138. The molecule has 4 nitrogen and oxygen atoms in total. The highest BCUT2D eigenvalue weighted by molar-refractivity contribution is 5.75. The van der Waals surface area contributed by atoms with Gasteiger partial charge in [-0.2, -0.15) is 0 Å². The number of carboxylic acids is 1. The number of carbonyl (C=O) groups is 1. The molecule has 76 valence electrons. The Morgan fingerprint density at radius 1 is 1.57 bits per heavy atom. The Morgan fingerprint density at radius 3 is 2.71 bits per heavy atom. The molecule has 0 bridgehead atoms. The smallest absolute Gasteiger partial charge is 0.325 e. The van der Waals surface area contributed by atoms with Crippen molar-refractivity contribution in [3.8, 4) is 0 Å². The maximum atomic E-state index is 12.2. The van der Waals surface area contributed by atoms with Crippen LogP contribution in [0.25, 0.3) is 0 Å². The van der Waals surface area contributed by atoms with Crippen LogP contribution in [0.4, 0.5) is 8.78 Å². The highest BCUT2D eigenvalue weighted by Gasteiger charge is 2.17. The second-order valence-corrected chi connectivity index (χ2v) is 2.63. The topological polar surface area (TPSA) is 76.2 Å². The van der Waals surface area contributed by atoms with E-state index in [1.54, 1.807) is 0 Å². The van der Waals surface area contributed by atoms with E-state index in [0.29, 0.717) is 0 Å². The highest BCUT2D eigenvalue weighted by Crippen LogP contribution is 2.19. The summed E-state index contributed by atoms with van der Waals surface area (Å²) in [5, 5.41) is 8.53. The predicted molar refractivity (Wildman–Crippen MR) is 43.8 cm³/mol. The molecule has 0 fully saturated rings. The SMILES string of the molecule is NC(C(=O)O)c1ccnc(C(F)F)c1. The van der Waals surface area contributed by atoms with Crippen LogP contribution in [0, 0.1) is 0 Å². The van der Waals surface area contributed by atoms with Crippen LogP contribution in [0.2, 0.25) is 0 Å². The van der Waals surface area contributed by atoms with Crippen molar-refractivity contribution < 1.29 is 18.7 Å². The van der Waals surface area contributed by atoms with Crippen molar-refractivity contribution in [2.75, 3.05) is 0 Å². The highest BCUT2D eigenvalue weighted by atomic mass is 19.3. The predicted octanol–water partition coefficient (Wildman–Crippen LogP) is 1.10. The second kappa shape index (κ2) is 4.10. The first-order valence-corrected chi connectivity index (χ1v) is 3.74. The normalized spacial score (nSPS) is 12.9. The molecule has 0 aliphatic heterocycles. The van der Waals surface area contributed by atoms with Crippen LogP contribution in [0.3, 0.4) is 0 Å². The van der Waals surface area contributed by atoms with Crippen molar-refractivity contribution in [2.24, 2.45) is 5.73 Å². The first-order valence-electron chi connectivity index (χ1n) is 3.74. The van der Waals surface area contributed by atoms with E-state index in [2.05, 4.69) is 4.98 Å². The molecule has 0 saturated carbocycles. The fourth-order valence-corrected chi connectivity index (χ4v) is 0.921. The Morgan fingerprint density at radius 2 is 2.21 bits per heavy atom. The van der Waals surface area contributed by atoms with Gasteiger partial charge >= 0.3 is 5.97 Å². The van der Waals surface area contributed by atoms with E-state index in [0.717, 1.165) is 12.3 Å². The lowest BCUT2D eigenvalue weighted by atomic mass is 10.1. The minimum Gasteiger partial charge on any atom is -0.480 e. The molecule has 6 heteroatoms. The Bertz CT molecular complexity index is 344. The van der Waals surface area contributed by atoms with Crippen molar-refractivity contribution in [1.82, 2.24) is 4.98 Å². The molecule has 1 unspecified atom stereocenters. The van der Waals surface area contributed by atoms with E-state index in [9.17, 15) is 13.6 Å².